The standard InChI is InChI=1S/C9H10N4O2S2/c10-8-12-13-9(17-8)16-5-7(14)11-4-6-2-1-3-15-6/h1-3H,4-5H2,(H2,10,12)(H,11,14). The second kappa shape index (κ2) is 5.69. The van der Waals surface area contributed by atoms with Gasteiger partial charge in [-0.3, -0.25) is 4.79 Å². The van der Waals surface area contributed by atoms with Crippen LogP contribution in [0, 0.1) is 0 Å². The Kier molecular flexibility index (Phi) is 3.99. The number of thioether (sulfide) groups is 1. The van der Waals surface area contributed by atoms with Crippen molar-refractivity contribution in [3.05, 3.63) is 24.2 Å². The van der Waals surface area contributed by atoms with Crippen LogP contribution in [0.15, 0.2) is 27.2 Å². The zero-order valence-electron chi connectivity index (χ0n) is 8.75. The minimum Gasteiger partial charge on any atom is -0.467 e. The van der Waals surface area contributed by atoms with E-state index in [1.54, 1.807) is 18.4 Å². The average molecular weight is 270 g/mol. The number of aromatic nitrogens is 2. The van der Waals surface area contributed by atoms with Gasteiger partial charge in [-0.25, -0.2) is 0 Å². The summed E-state index contributed by atoms with van der Waals surface area (Å²) >= 11 is 2.57. The van der Waals surface area contributed by atoms with Crippen LogP contribution in [0.25, 0.3) is 0 Å². The van der Waals surface area contributed by atoms with E-state index in [-0.39, 0.29) is 11.7 Å². The van der Waals surface area contributed by atoms with Crippen LogP contribution in [0.4, 0.5) is 5.13 Å². The van der Waals surface area contributed by atoms with Gasteiger partial charge in [0.1, 0.15) is 5.76 Å². The molecular weight excluding hydrogens is 260 g/mol. The summed E-state index contributed by atoms with van der Waals surface area (Å²) < 4.78 is 5.78. The van der Waals surface area contributed by atoms with E-state index < -0.39 is 0 Å². The highest BCUT2D eigenvalue weighted by Gasteiger charge is 2.07. The number of nitrogens with one attached hydrogen (secondary N) is 1. The van der Waals surface area contributed by atoms with E-state index in [4.69, 9.17) is 10.2 Å². The number of anilines is 1. The molecule has 0 fully saturated rings. The Hall–Kier alpha value is -1.54. The van der Waals surface area contributed by atoms with E-state index in [9.17, 15) is 4.79 Å². The summed E-state index contributed by atoms with van der Waals surface area (Å²) in [6.45, 7) is 0.394. The SMILES string of the molecule is Nc1nnc(SCC(=O)NCc2ccco2)s1. The van der Waals surface area contributed by atoms with Gasteiger partial charge in [-0.15, -0.1) is 10.2 Å². The molecule has 2 rings (SSSR count). The highest BCUT2D eigenvalue weighted by Crippen LogP contribution is 2.22. The lowest BCUT2D eigenvalue weighted by Crippen LogP contribution is -2.24. The summed E-state index contributed by atoms with van der Waals surface area (Å²) in [6, 6.07) is 3.58. The maximum atomic E-state index is 11.5. The number of carbonyl (C=O) groups is 1. The molecule has 0 atom stereocenters. The molecule has 0 spiro atoms. The third kappa shape index (κ3) is 3.75. The predicted molar refractivity (Wildman–Crippen MR) is 65.6 cm³/mol. The van der Waals surface area contributed by atoms with Gasteiger partial charge >= 0.3 is 0 Å². The summed E-state index contributed by atoms with van der Waals surface area (Å²) in [5, 5.41) is 10.6. The fraction of sp³-hybridized carbons (Fsp3) is 0.222. The third-order valence-electron chi connectivity index (χ3n) is 1.79. The zero-order chi connectivity index (χ0) is 12.1. The molecule has 8 heteroatoms. The highest BCUT2D eigenvalue weighted by atomic mass is 32.2. The van der Waals surface area contributed by atoms with Crippen molar-refractivity contribution in [1.29, 1.82) is 0 Å². The van der Waals surface area contributed by atoms with E-state index in [1.807, 2.05) is 0 Å². The molecule has 0 aliphatic carbocycles. The molecule has 0 saturated heterocycles. The maximum absolute atomic E-state index is 11.5. The molecule has 90 valence electrons. The van der Waals surface area contributed by atoms with Crippen LogP contribution in [0.3, 0.4) is 0 Å². The van der Waals surface area contributed by atoms with Crippen molar-refractivity contribution in [1.82, 2.24) is 15.5 Å². The molecule has 1 amide bonds. The minimum atomic E-state index is -0.0832. The van der Waals surface area contributed by atoms with Crippen molar-refractivity contribution < 1.29 is 9.21 Å². The van der Waals surface area contributed by atoms with Crippen LogP contribution < -0.4 is 11.1 Å². The van der Waals surface area contributed by atoms with Crippen molar-refractivity contribution in [2.75, 3.05) is 11.5 Å². The van der Waals surface area contributed by atoms with Gasteiger partial charge in [0.15, 0.2) is 4.34 Å². The Morgan fingerprint density at radius 3 is 3.12 bits per heavy atom. The Bertz CT molecular complexity index is 483. The molecule has 0 aliphatic heterocycles. The molecule has 6 nitrogen and oxygen atoms in total. The highest BCUT2D eigenvalue weighted by molar-refractivity contribution is 8.01. The van der Waals surface area contributed by atoms with Gasteiger partial charge in [0.05, 0.1) is 18.6 Å². The number of hydrogen-bond acceptors (Lipinski definition) is 7. The third-order valence-corrected chi connectivity index (χ3v) is 3.67. The molecule has 3 N–H and O–H groups in total. The summed E-state index contributed by atoms with van der Waals surface area (Å²) in [5.74, 6) is 0.929. The molecule has 17 heavy (non-hydrogen) atoms. The average Bonchev–Trinajstić information content (AvgIpc) is 2.95. The van der Waals surface area contributed by atoms with E-state index in [1.165, 1.54) is 23.1 Å². The number of hydrogen-bond donors (Lipinski definition) is 2. The first kappa shape index (κ1) is 11.9. The molecule has 0 aliphatic rings. The summed E-state index contributed by atoms with van der Waals surface area (Å²) in [6.07, 6.45) is 1.57. The Labute approximate surface area is 106 Å². The van der Waals surface area contributed by atoms with E-state index in [2.05, 4.69) is 15.5 Å². The van der Waals surface area contributed by atoms with Crippen LogP contribution in [-0.4, -0.2) is 21.9 Å². The van der Waals surface area contributed by atoms with Crippen LogP contribution in [0.1, 0.15) is 5.76 Å². The lowest BCUT2D eigenvalue weighted by molar-refractivity contribution is -0.118. The number of nitrogens with zero attached hydrogens (tertiary/aromatic N) is 2. The monoisotopic (exact) mass is 270 g/mol. The smallest absolute Gasteiger partial charge is 0.230 e. The number of nitrogens with two attached hydrogens (primary N) is 1. The Morgan fingerprint density at radius 1 is 1.59 bits per heavy atom. The van der Waals surface area contributed by atoms with Gasteiger partial charge in [0.25, 0.3) is 0 Å². The van der Waals surface area contributed by atoms with Crippen LogP contribution in [0.2, 0.25) is 0 Å². The van der Waals surface area contributed by atoms with E-state index in [0.29, 0.717) is 16.0 Å². The van der Waals surface area contributed by atoms with Crippen LogP contribution in [-0.2, 0) is 11.3 Å². The van der Waals surface area contributed by atoms with Gasteiger partial charge < -0.3 is 15.5 Å². The topological polar surface area (TPSA) is 94.0 Å². The van der Waals surface area contributed by atoms with Crippen molar-refractivity contribution in [2.24, 2.45) is 0 Å². The van der Waals surface area contributed by atoms with E-state index in [0.717, 1.165) is 5.76 Å². The molecule has 0 saturated carbocycles. The zero-order valence-corrected chi connectivity index (χ0v) is 10.4. The lowest BCUT2D eigenvalue weighted by atomic mass is 10.4. The van der Waals surface area contributed by atoms with E-state index >= 15 is 0 Å². The molecule has 0 bridgehead atoms. The molecule has 2 heterocycles. The van der Waals surface area contributed by atoms with Crippen LogP contribution >= 0.6 is 23.1 Å². The predicted octanol–water partition coefficient (Wildman–Crippen LogP) is 1.12. The van der Waals surface area contributed by atoms with Gasteiger partial charge in [0.2, 0.25) is 11.0 Å². The molecule has 0 radical (unpaired) electrons. The number of rotatable bonds is 5. The quantitative estimate of drug-likeness (QED) is 0.791. The molecular formula is C9H10N4O2S2. The second-order valence-corrected chi connectivity index (χ2v) is 5.28. The summed E-state index contributed by atoms with van der Waals surface area (Å²) in [5.41, 5.74) is 5.43. The van der Waals surface area contributed by atoms with Gasteiger partial charge in [-0.2, -0.15) is 0 Å². The molecule has 0 unspecified atom stereocenters. The van der Waals surface area contributed by atoms with Crippen molar-refractivity contribution in [3.8, 4) is 0 Å². The first-order chi connectivity index (χ1) is 8.24. The Balaban J connectivity index is 1.71. The number of amides is 1. The second-order valence-electron chi connectivity index (χ2n) is 3.05. The maximum Gasteiger partial charge on any atom is 0.230 e. The summed E-state index contributed by atoms with van der Waals surface area (Å²) in [7, 11) is 0. The first-order valence-corrected chi connectivity index (χ1v) is 6.55. The van der Waals surface area contributed by atoms with Gasteiger partial charge in [-0.1, -0.05) is 23.1 Å². The fourth-order valence-corrected chi connectivity index (χ4v) is 2.52. The van der Waals surface area contributed by atoms with Crippen molar-refractivity contribution in [3.63, 3.8) is 0 Å². The number of nitrogen functional groups attached to an aromatic ring is 1. The lowest BCUT2D eigenvalue weighted by Gasteiger charge is -2.01. The molecule has 2 aromatic rings. The van der Waals surface area contributed by atoms with Crippen molar-refractivity contribution >= 4 is 34.1 Å². The van der Waals surface area contributed by atoms with Crippen LogP contribution in [0.5, 0.6) is 0 Å². The summed E-state index contributed by atoms with van der Waals surface area (Å²) in [4.78, 5) is 11.5. The largest absolute Gasteiger partial charge is 0.467 e. The molecule has 0 aromatic carbocycles. The van der Waals surface area contributed by atoms with Crippen molar-refractivity contribution in [2.45, 2.75) is 10.9 Å². The normalized spacial score (nSPS) is 10.4. The number of furan rings is 1. The first-order valence-electron chi connectivity index (χ1n) is 4.75. The van der Waals surface area contributed by atoms with Gasteiger partial charge in [-0.05, 0) is 12.1 Å². The minimum absolute atomic E-state index is 0.0832. The fourth-order valence-electron chi connectivity index (χ4n) is 1.06. The van der Waals surface area contributed by atoms with Gasteiger partial charge in [0, 0.05) is 0 Å². The number of carbonyl (C=O) groups excluding carboxylic acids is 1. The molecule has 2 aromatic heterocycles. The Morgan fingerprint density at radius 2 is 2.47 bits per heavy atom.